The molecule has 9 heteroatoms. The molecular weight excluding hydrogens is 374 g/mol. The number of benzene rings is 1. The Bertz CT molecular complexity index is 1030. The molecule has 1 unspecified atom stereocenters. The topological polar surface area (TPSA) is 113 Å². The number of urea groups is 1. The van der Waals surface area contributed by atoms with Crippen LogP contribution in [0.3, 0.4) is 0 Å². The fraction of sp³-hybridized carbons (Fsp3) is 0.400. The first-order valence-corrected chi connectivity index (χ1v) is 9.55. The van der Waals surface area contributed by atoms with Crippen molar-refractivity contribution >= 4 is 40.3 Å². The average Bonchev–Trinajstić information content (AvgIpc) is 3.45. The zero-order valence-electron chi connectivity index (χ0n) is 16.3. The van der Waals surface area contributed by atoms with Crippen LogP contribution in [0.15, 0.2) is 30.5 Å². The van der Waals surface area contributed by atoms with Crippen LogP contribution in [0, 0.1) is 5.92 Å². The monoisotopic (exact) mass is 397 g/mol. The number of hydrogen-bond donors (Lipinski definition) is 3. The summed E-state index contributed by atoms with van der Waals surface area (Å²) in [5.74, 6) is -0.802. The molecule has 1 atom stereocenters. The predicted molar refractivity (Wildman–Crippen MR) is 106 cm³/mol. The molecule has 0 bridgehead atoms. The largest absolute Gasteiger partial charge is 0.358 e. The smallest absolute Gasteiger partial charge is 0.325 e. The molecule has 1 aromatic heterocycles. The third-order valence-electron chi connectivity index (χ3n) is 5.65. The van der Waals surface area contributed by atoms with Gasteiger partial charge < -0.3 is 20.5 Å². The number of rotatable bonds is 6. The maximum absolute atomic E-state index is 12.6. The van der Waals surface area contributed by atoms with E-state index >= 15 is 0 Å². The Labute approximate surface area is 167 Å². The molecule has 9 nitrogen and oxygen atoms in total. The summed E-state index contributed by atoms with van der Waals surface area (Å²) in [6.07, 6.45) is 3.61. The Kier molecular flexibility index (Phi) is 4.52. The lowest BCUT2D eigenvalue weighted by molar-refractivity contribution is -0.134. The Morgan fingerprint density at radius 1 is 1.17 bits per heavy atom. The molecule has 2 aliphatic rings. The van der Waals surface area contributed by atoms with E-state index in [-0.39, 0.29) is 30.8 Å². The van der Waals surface area contributed by atoms with E-state index in [4.69, 9.17) is 0 Å². The summed E-state index contributed by atoms with van der Waals surface area (Å²) in [6.45, 7) is 1.54. The van der Waals surface area contributed by atoms with Gasteiger partial charge in [0.25, 0.3) is 5.91 Å². The van der Waals surface area contributed by atoms with Crippen molar-refractivity contribution in [3.8, 4) is 0 Å². The second-order valence-electron chi connectivity index (χ2n) is 7.74. The third-order valence-corrected chi connectivity index (χ3v) is 5.65. The molecule has 29 heavy (non-hydrogen) atoms. The number of carbonyl (C=O) groups is 4. The normalized spacial score (nSPS) is 21.4. The van der Waals surface area contributed by atoms with E-state index in [0.29, 0.717) is 5.69 Å². The van der Waals surface area contributed by atoms with Crippen LogP contribution >= 0.6 is 0 Å². The van der Waals surface area contributed by atoms with Crippen LogP contribution in [-0.4, -0.2) is 52.4 Å². The van der Waals surface area contributed by atoms with Gasteiger partial charge in [0.2, 0.25) is 11.8 Å². The van der Waals surface area contributed by atoms with Gasteiger partial charge in [-0.2, -0.15) is 0 Å². The molecule has 3 N–H and O–H groups in total. The van der Waals surface area contributed by atoms with Gasteiger partial charge in [-0.3, -0.25) is 19.3 Å². The molecule has 2 heterocycles. The van der Waals surface area contributed by atoms with Crippen LogP contribution in [0.25, 0.3) is 10.9 Å². The molecule has 4 rings (SSSR count). The lowest BCUT2D eigenvalue weighted by Crippen LogP contribution is -2.46. The molecule has 1 aliphatic carbocycles. The molecule has 2 fully saturated rings. The standard InChI is InChI=1S/C20H23N5O4/c1-20(13-4-5-13)18(28)25(19(29)23-20)11-17(27)22-14-6-3-12-7-8-24(15(12)9-14)10-16(26)21-2/h3,6-9,13H,4-5,10-11H2,1-2H3,(H,21,26)(H,22,27)(H,23,29). The summed E-state index contributed by atoms with van der Waals surface area (Å²) in [5, 5.41) is 8.97. The van der Waals surface area contributed by atoms with Crippen LogP contribution in [0.4, 0.5) is 10.5 Å². The van der Waals surface area contributed by atoms with Gasteiger partial charge >= 0.3 is 6.03 Å². The van der Waals surface area contributed by atoms with Crippen molar-refractivity contribution in [3.63, 3.8) is 0 Å². The predicted octanol–water partition coefficient (Wildman–Crippen LogP) is 1.05. The fourth-order valence-electron chi connectivity index (χ4n) is 3.77. The third kappa shape index (κ3) is 3.43. The number of imide groups is 1. The van der Waals surface area contributed by atoms with E-state index in [1.165, 1.54) is 0 Å². The number of aromatic nitrogens is 1. The highest BCUT2D eigenvalue weighted by atomic mass is 16.2. The van der Waals surface area contributed by atoms with Gasteiger partial charge in [0.05, 0.1) is 5.52 Å². The summed E-state index contributed by atoms with van der Waals surface area (Å²) in [6, 6.07) is 6.69. The number of carbonyl (C=O) groups excluding carboxylic acids is 4. The lowest BCUT2D eigenvalue weighted by Gasteiger charge is -2.20. The molecule has 0 spiro atoms. The van der Waals surface area contributed by atoms with E-state index < -0.39 is 17.5 Å². The minimum Gasteiger partial charge on any atom is -0.358 e. The summed E-state index contributed by atoms with van der Waals surface area (Å²) < 4.78 is 1.78. The number of nitrogens with zero attached hydrogens (tertiary/aromatic N) is 2. The summed E-state index contributed by atoms with van der Waals surface area (Å²) in [4.78, 5) is 50.0. The number of fused-ring (bicyclic) bond motifs is 1. The average molecular weight is 397 g/mol. The number of amides is 5. The SMILES string of the molecule is CNC(=O)Cn1ccc2ccc(NC(=O)CN3C(=O)NC(C)(C4CC4)C3=O)cc21. The summed E-state index contributed by atoms with van der Waals surface area (Å²) in [5.41, 5.74) is 0.413. The lowest BCUT2D eigenvalue weighted by atomic mass is 9.96. The molecule has 0 radical (unpaired) electrons. The highest BCUT2D eigenvalue weighted by molar-refractivity contribution is 6.10. The molecule has 2 aromatic rings. The molecule has 1 saturated carbocycles. The maximum Gasteiger partial charge on any atom is 0.325 e. The Hall–Kier alpha value is -3.36. The van der Waals surface area contributed by atoms with E-state index in [1.807, 2.05) is 12.1 Å². The van der Waals surface area contributed by atoms with Gasteiger partial charge in [0, 0.05) is 18.9 Å². The second kappa shape index (κ2) is 6.91. The Morgan fingerprint density at radius 3 is 2.62 bits per heavy atom. The first-order valence-electron chi connectivity index (χ1n) is 9.55. The van der Waals surface area contributed by atoms with Crippen LogP contribution in [0.1, 0.15) is 19.8 Å². The molecule has 1 aromatic carbocycles. The van der Waals surface area contributed by atoms with Crippen molar-refractivity contribution in [3.05, 3.63) is 30.5 Å². The highest BCUT2D eigenvalue weighted by Gasteiger charge is 2.56. The van der Waals surface area contributed by atoms with Gasteiger partial charge in [0.1, 0.15) is 18.6 Å². The van der Waals surface area contributed by atoms with Crippen LogP contribution in [-0.2, 0) is 20.9 Å². The van der Waals surface area contributed by atoms with E-state index in [2.05, 4.69) is 16.0 Å². The van der Waals surface area contributed by atoms with Gasteiger partial charge in [0.15, 0.2) is 0 Å². The summed E-state index contributed by atoms with van der Waals surface area (Å²) in [7, 11) is 1.57. The second-order valence-corrected chi connectivity index (χ2v) is 7.74. The van der Waals surface area contributed by atoms with Crippen molar-refractivity contribution < 1.29 is 19.2 Å². The van der Waals surface area contributed by atoms with Crippen LogP contribution < -0.4 is 16.0 Å². The Morgan fingerprint density at radius 2 is 1.93 bits per heavy atom. The first-order chi connectivity index (χ1) is 13.8. The molecule has 1 aliphatic heterocycles. The highest BCUT2D eigenvalue weighted by Crippen LogP contribution is 2.42. The van der Waals surface area contributed by atoms with Crippen LogP contribution in [0.5, 0.6) is 0 Å². The molecular formula is C20H23N5O4. The van der Waals surface area contributed by atoms with Gasteiger partial charge in [-0.1, -0.05) is 6.07 Å². The van der Waals surface area contributed by atoms with Crippen molar-refractivity contribution in [2.75, 3.05) is 18.9 Å². The molecule has 5 amide bonds. The summed E-state index contributed by atoms with van der Waals surface area (Å²) >= 11 is 0. The molecule has 152 valence electrons. The van der Waals surface area contributed by atoms with Gasteiger partial charge in [-0.25, -0.2) is 4.79 Å². The van der Waals surface area contributed by atoms with Gasteiger partial charge in [-0.05, 0) is 49.3 Å². The van der Waals surface area contributed by atoms with Crippen molar-refractivity contribution in [1.29, 1.82) is 0 Å². The first kappa shape index (κ1) is 19.0. The zero-order valence-corrected chi connectivity index (χ0v) is 16.3. The van der Waals surface area contributed by atoms with Crippen molar-refractivity contribution in [1.82, 2.24) is 20.1 Å². The van der Waals surface area contributed by atoms with E-state index in [1.54, 1.807) is 36.9 Å². The minimum absolute atomic E-state index is 0.130. The number of nitrogens with one attached hydrogen (secondary N) is 3. The number of hydrogen-bond acceptors (Lipinski definition) is 4. The molecule has 1 saturated heterocycles. The quantitative estimate of drug-likeness (QED) is 0.632. The zero-order chi connectivity index (χ0) is 20.8. The Balaban J connectivity index is 1.46. The maximum atomic E-state index is 12.6. The number of anilines is 1. The van der Waals surface area contributed by atoms with E-state index in [9.17, 15) is 19.2 Å². The fourth-order valence-corrected chi connectivity index (χ4v) is 3.77. The number of likely N-dealkylation sites (N-methyl/N-ethyl adjacent to an activating group) is 1. The van der Waals surface area contributed by atoms with Gasteiger partial charge in [-0.15, -0.1) is 0 Å². The van der Waals surface area contributed by atoms with Crippen molar-refractivity contribution in [2.45, 2.75) is 31.8 Å². The van der Waals surface area contributed by atoms with Crippen molar-refractivity contribution in [2.24, 2.45) is 5.92 Å². The minimum atomic E-state index is -0.906. The van der Waals surface area contributed by atoms with Crippen LogP contribution in [0.2, 0.25) is 0 Å². The van der Waals surface area contributed by atoms with E-state index in [0.717, 1.165) is 28.6 Å².